The van der Waals surface area contributed by atoms with Crippen molar-refractivity contribution < 1.29 is 9.53 Å². The van der Waals surface area contributed by atoms with Gasteiger partial charge in [0.05, 0.1) is 6.61 Å². The average Bonchev–Trinajstić information content (AvgIpc) is 1.97. The highest BCUT2D eigenvalue weighted by molar-refractivity contribution is 5.67. The Morgan fingerprint density at radius 2 is 1.67 bits per heavy atom. The van der Waals surface area contributed by atoms with Gasteiger partial charge in [-0.25, -0.2) is 4.79 Å². The summed E-state index contributed by atoms with van der Waals surface area (Å²) in [7, 11) is 0. The van der Waals surface area contributed by atoms with Crippen LogP contribution in [0.3, 0.4) is 0 Å². The third-order valence-electron chi connectivity index (χ3n) is 2.27. The molecule has 3 heteroatoms. The minimum absolute atomic E-state index is 0.0162. The Kier molecular flexibility index (Phi) is 4.63. The third-order valence-corrected chi connectivity index (χ3v) is 2.27. The first-order valence-corrected chi connectivity index (χ1v) is 5.46. The van der Waals surface area contributed by atoms with Crippen LogP contribution in [0.25, 0.3) is 0 Å². The molecular formula is C12H25NO2. The molecule has 3 nitrogen and oxygen atoms in total. The molecule has 0 aromatic heterocycles. The standard InChI is InChI=1S/C12H25NO2/c1-9(12(5,6)7)13-10(14)15-8-11(2,3)4/h9H,8H2,1-7H3,(H,13,14)/t9-/m0/s1. The lowest BCUT2D eigenvalue weighted by molar-refractivity contribution is 0.0983. The highest BCUT2D eigenvalue weighted by Crippen LogP contribution is 2.19. The first-order chi connectivity index (χ1) is 6.52. The quantitative estimate of drug-likeness (QED) is 0.768. The predicted octanol–water partition coefficient (Wildman–Crippen LogP) is 3.19. The Balaban J connectivity index is 3.96. The van der Waals surface area contributed by atoms with E-state index in [0.717, 1.165) is 0 Å². The number of rotatable bonds is 2. The van der Waals surface area contributed by atoms with E-state index in [4.69, 9.17) is 4.74 Å². The van der Waals surface area contributed by atoms with Gasteiger partial charge in [-0.05, 0) is 17.8 Å². The van der Waals surface area contributed by atoms with E-state index in [1.54, 1.807) is 0 Å². The normalized spacial score (nSPS) is 14.6. The Labute approximate surface area is 93.6 Å². The van der Waals surface area contributed by atoms with Crippen LogP contribution in [0, 0.1) is 10.8 Å². The number of carbonyl (C=O) groups excluding carboxylic acids is 1. The van der Waals surface area contributed by atoms with E-state index in [9.17, 15) is 4.79 Å². The van der Waals surface area contributed by atoms with Crippen LogP contribution in [0.4, 0.5) is 4.79 Å². The number of nitrogens with one attached hydrogen (secondary N) is 1. The van der Waals surface area contributed by atoms with Crippen LogP contribution in [-0.4, -0.2) is 18.7 Å². The lowest BCUT2D eigenvalue weighted by Gasteiger charge is -2.28. The second-order valence-electron chi connectivity index (χ2n) is 6.37. The van der Waals surface area contributed by atoms with Crippen molar-refractivity contribution >= 4 is 6.09 Å². The molecule has 0 aliphatic carbocycles. The molecule has 0 bridgehead atoms. The second kappa shape index (κ2) is 4.86. The largest absolute Gasteiger partial charge is 0.449 e. The zero-order valence-corrected chi connectivity index (χ0v) is 11.1. The minimum atomic E-state index is -0.327. The van der Waals surface area contributed by atoms with Gasteiger partial charge in [-0.15, -0.1) is 0 Å². The molecule has 0 rings (SSSR count). The zero-order valence-electron chi connectivity index (χ0n) is 11.1. The topological polar surface area (TPSA) is 38.3 Å². The molecule has 0 saturated heterocycles. The van der Waals surface area contributed by atoms with Crippen molar-refractivity contribution in [2.75, 3.05) is 6.61 Å². The number of hydrogen-bond donors (Lipinski definition) is 1. The summed E-state index contributed by atoms with van der Waals surface area (Å²) < 4.78 is 5.12. The fourth-order valence-corrected chi connectivity index (χ4v) is 0.717. The fourth-order valence-electron chi connectivity index (χ4n) is 0.717. The van der Waals surface area contributed by atoms with Crippen molar-refractivity contribution in [3.05, 3.63) is 0 Å². The van der Waals surface area contributed by atoms with Crippen molar-refractivity contribution in [1.82, 2.24) is 5.32 Å². The SMILES string of the molecule is C[C@H](NC(=O)OCC(C)(C)C)C(C)(C)C. The number of amides is 1. The number of alkyl carbamates (subject to hydrolysis) is 1. The first kappa shape index (κ1) is 14.3. The number of hydrogen-bond acceptors (Lipinski definition) is 2. The van der Waals surface area contributed by atoms with E-state index in [-0.39, 0.29) is 23.0 Å². The predicted molar refractivity (Wildman–Crippen MR) is 62.9 cm³/mol. The maximum atomic E-state index is 11.4. The molecule has 0 aliphatic heterocycles. The Hall–Kier alpha value is -0.730. The molecule has 1 amide bonds. The van der Waals surface area contributed by atoms with Crippen molar-refractivity contribution in [3.8, 4) is 0 Å². The van der Waals surface area contributed by atoms with Crippen LogP contribution in [0.2, 0.25) is 0 Å². The van der Waals surface area contributed by atoms with Gasteiger partial charge in [-0.1, -0.05) is 41.5 Å². The van der Waals surface area contributed by atoms with Crippen LogP contribution < -0.4 is 5.32 Å². The lowest BCUT2D eigenvalue weighted by Crippen LogP contribution is -2.42. The molecule has 0 heterocycles. The molecule has 90 valence electrons. The van der Waals surface area contributed by atoms with Crippen molar-refractivity contribution in [2.45, 2.75) is 54.5 Å². The Morgan fingerprint density at radius 3 is 2.00 bits per heavy atom. The van der Waals surface area contributed by atoms with Gasteiger partial charge in [0.25, 0.3) is 0 Å². The van der Waals surface area contributed by atoms with Gasteiger partial charge in [0.2, 0.25) is 0 Å². The van der Waals surface area contributed by atoms with Gasteiger partial charge in [0.15, 0.2) is 0 Å². The maximum absolute atomic E-state index is 11.4. The molecule has 0 radical (unpaired) electrons. The summed E-state index contributed by atoms with van der Waals surface area (Å²) in [5.74, 6) is 0. The monoisotopic (exact) mass is 215 g/mol. The van der Waals surface area contributed by atoms with Crippen LogP contribution >= 0.6 is 0 Å². The summed E-state index contributed by atoms with van der Waals surface area (Å²) in [6.07, 6.45) is -0.327. The molecule has 0 aromatic rings. The highest BCUT2D eigenvalue weighted by atomic mass is 16.5. The summed E-state index contributed by atoms with van der Waals surface area (Å²) in [6, 6.07) is 0.102. The number of carbonyl (C=O) groups is 1. The summed E-state index contributed by atoms with van der Waals surface area (Å²) in [4.78, 5) is 11.4. The van der Waals surface area contributed by atoms with Gasteiger partial charge in [-0.3, -0.25) is 0 Å². The van der Waals surface area contributed by atoms with Gasteiger partial charge >= 0.3 is 6.09 Å². The van der Waals surface area contributed by atoms with Gasteiger partial charge < -0.3 is 10.1 Å². The molecule has 0 aliphatic rings. The van der Waals surface area contributed by atoms with E-state index >= 15 is 0 Å². The molecule has 0 unspecified atom stereocenters. The van der Waals surface area contributed by atoms with Crippen molar-refractivity contribution in [2.24, 2.45) is 10.8 Å². The van der Waals surface area contributed by atoms with Crippen LogP contribution in [-0.2, 0) is 4.74 Å². The van der Waals surface area contributed by atoms with Crippen LogP contribution in [0.15, 0.2) is 0 Å². The molecule has 1 N–H and O–H groups in total. The maximum Gasteiger partial charge on any atom is 0.407 e. The Morgan fingerprint density at radius 1 is 1.20 bits per heavy atom. The van der Waals surface area contributed by atoms with Crippen LogP contribution in [0.5, 0.6) is 0 Å². The van der Waals surface area contributed by atoms with E-state index in [0.29, 0.717) is 6.61 Å². The summed E-state index contributed by atoms with van der Waals surface area (Å²) in [5.41, 5.74) is 0.0725. The summed E-state index contributed by atoms with van der Waals surface area (Å²) in [6.45, 7) is 14.8. The summed E-state index contributed by atoms with van der Waals surface area (Å²) in [5, 5.41) is 2.83. The Bertz CT molecular complexity index is 211. The third kappa shape index (κ3) is 7.23. The van der Waals surface area contributed by atoms with Crippen molar-refractivity contribution in [3.63, 3.8) is 0 Å². The molecule has 0 fully saturated rings. The molecular weight excluding hydrogens is 190 g/mol. The summed E-state index contributed by atoms with van der Waals surface area (Å²) >= 11 is 0. The average molecular weight is 215 g/mol. The smallest absolute Gasteiger partial charge is 0.407 e. The van der Waals surface area contributed by atoms with E-state index in [1.165, 1.54) is 0 Å². The van der Waals surface area contributed by atoms with Gasteiger partial charge in [-0.2, -0.15) is 0 Å². The van der Waals surface area contributed by atoms with E-state index in [2.05, 4.69) is 26.1 Å². The van der Waals surface area contributed by atoms with E-state index in [1.807, 2.05) is 27.7 Å². The second-order valence-corrected chi connectivity index (χ2v) is 6.37. The lowest BCUT2D eigenvalue weighted by atomic mass is 9.88. The first-order valence-electron chi connectivity index (χ1n) is 5.46. The minimum Gasteiger partial charge on any atom is -0.449 e. The molecule has 0 aromatic carbocycles. The molecule has 15 heavy (non-hydrogen) atoms. The van der Waals surface area contributed by atoms with Gasteiger partial charge in [0.1, 0.15) is 0 Å². The molecule has 0 spiro atoms. The van der Waals surface area contributed by atoms with Crippen molar-refractivity contribution in [1.29, 1.82) is 0 Å². The molecule has 0 saturated carbocycles. The van der Waals surface area contributed by atoms with Gasteiger partial charge in [0, 0.05) is 6.04 Å². The number of ether oxygens (including phenoxy) is 1. The highest BCUT2D eigenvalue weighted by Gasteiger charge is 2.22. The van der Waals surface area contributed by atoms with E-state index < -0.39 is 0 Å². The molecule has 1 atom stereocenters. The van der Waals surface area contributed by atoms with Crippen LogP contribution in [0.1, 0.15) is 48.5 Å². The fraction of sp³-hybridized carbons (Fsp3) is 0.917. The zero-order chi connectivity index (χ0) is 12.3.